The maximum absolute atomic E-state index is 12.5. The molecule has 0 aromatic carbocycles. The van der Waals surface area contributed by atoms with Gasteiger partial charge in [0.2, 0.25) is 0 Å². The summed E-state index contributed by atoms with van der Waals surface area (Å²) in [6, 6.07) is 7.25. The average Bonchev–Trinajstić information content (AvgIpc) is 3.04. The first-order valence-electron chi connectivity index (χ1n) is 9.04. The number of fused-ring (bicyclic) bond motifs is 3. The maximum Gasteiger partial charge on any atom is 0.333 e. The quantitative estimate of drug-likeness (QED) is 0.656. The van der Waals surface area contributed by atoms with E-state index in [1.54, 1.807) is 24.4 Å². The molecular weight excluding hydrogens is 344 g/mol. The van der Waals surface area contributed by atoms with Gasteiger partial charge in [-0.05, 0) is 25.0 Å². The molecule has 8 heteroatoms. The molecular formula is C19H22N6O2. The fourth-order valence-electron chi connectivity index (χ4n) is 3.02. The Bertz CT molecular complexity index is 1050. The zero-order valence-corrected chi connectivity index (χ0v) is 15.7. The number of anilines is 1. The molecule has 4 rings (SSSR count). The van der Waals surface area contributed by atoms with Gasteiger partial charge in [-0.2, -0.15) is 5.26 Å². The summed E-state index contributed by atoms with van der Waals surface area (Å²) < 4.78 is 7.32. The molecule has 1 N–H and O–H groups in total. The Morgan fingerprint density at radius 1 is 1.26 bits per heavy atom. The number of aromatic amines is 1. The van der Waals surface area contributed by atoms with Crippen molar-refractivity contribution in [3.8, 4) is 17.6 Å². The van der Waals surface area contributed by atoms with Crippen LogP contribution in [0.25, 0.3) is 17.0 Å². The van der Waals surface area contributed by atoms with Gasteiger partial charge in [0, 0.05) is 25.9 Å². The number of rotatable bonds is 0. The molecule has 140 valence electrons. The van der Waals surface area contributed by atoms with Crippen LogP contribution in [0.15, 0.2) is 29.2 Å². The summed E-state index contributed by atoms with van der Waals surface area (Å²) in [6.07, 6.45) is 3.36. The third kappa shape index (κ3) is 3.36. The predicted molar refractivity (Wildman–Crippen MR) is 104 cm³/mol. The fourth-order valence-corrected chi connectivity index (χ4v) is 3.02. The van der Waals surface area contributed by atoms with Gasteiger partial charge in [-0.3, -0.25) is 4.98 Å². The molecule has 27 heavy (non-hydrogen) atoms. The van der Waals surface area contributed by atoms with Crippen molar-refractivity contribution >= 4 is 17.0 Å². The summed E-state index contributed by atoms with van der Waals surface area (Å²) in [5, 5.41) is 9.37. The number of hydrogen-bond acceptors (Lipinski definition) is 6. The third-order valence-electron chi connectivity index (χ3n) is 4.26. The van der Waals surface area contributed by atoms with Gasteiger partial charge in [-0.25, -0.2) is 19.3 Å². The summed E-state index contributed by atoms with van der Waals surface area (Å²) in [5.74, 6) is 1.58. The minimum absolute atomic E-state index is 0.346. The van der Waals surface area contributed by atoms with Crippen LogP contribution in [0.3, 0.4) is 0 Å². The van der Waals surface area contributed by atoms with Crippen molar-refractivity contribution in [1.29, 1.82) is 5.26 Å². The van der Waals surface area contributed by atoms with Crippen LogP contribution in [0.1, 0.15) is 32.3 Å². The molecule has 0 aliphatic carbocycles. The standard InChI is InChI=1S/C17H16N6O2.C2H6/c1-22-8-2-3-9-25-12-6-7-19-15-14(12)23(17(24)21-15)13-5-4-11(10-18)16(22)20-13;1-2/h4-7H,2-3,8-9H2,1H3,(H,19,21,24);1-2H3. The summed E-state index contributed by atoms with van der Waals surface area (Å²) in [4.78, 5) is 26.0. The SMILES string of the molecule is CC.CN1CCCCOc2ccnc3[nH]c(=O)n(c23)-c2ccc(C#N)c1n2. The highest BCUT2D eigenvalue weighted by Gasteiger charge is 2.19. The predicted octanol–water partition coefficient (Wildman–Crippen LogP) is 2.62. The number of nitrogens with one attached hydrogen (secondary N) is 1. The van der Waals surface area contributed by atoms with Crippen molar-refractivity contribution in [3.63, 3.8) is 0 Å². The lowest BCUT2D eigenvalue weighted by Crippen LogP contribution is -2.24. The van der Waals surface area contributed by atoms with Gasteiger partial charge in [0.05, 0.1) is 12.2 Å². The molecule has 0 amide bonds. The highest BCUT2D eigenvalue weighted by molar-refractivity contribution is 5.80. The van der Waals surface area contributed by atoms with Crippen molar-refractivity contribution in [3.05, 3.63) is 40.4 Å². The number of hydrogen-bond donors (Lipinski definition) is 1. The lowest BCUT2D eigenvalue weighted by molar-refractivity contribution is 0.310. The molecule has 1 aliphatic heterocycles. The Morgan fingerprint density at radius 2 is 2.07 bits per heavy atom. The number of H-pyrrole nitrogens is 1. The number of aromatic nitrogens is 4. The Morgan fingerprint density at radius 3 is 2.85 bits per heavy atom. The molecule has 0 fully saturated rings. The number of nitriles is 1. The van der Waals surface area contributed by atoms with Crippen molar-refractivity contribution in [1.82, 2.24) is 19.5 Å². The molecule has 1 aliphatic rings. The molecule has 0 radical (unpaired) electrons. The van der Waals surface area contributed by atoms with Crippen LogP contribution in [0, 0.1) is 11.3 Å². The minimum Gasteiger partial charge on any atom is -0.491 e. The van der Waals surface area contributed by atoms with Crippen molar-refractivity contribution in [2.24, 2.45) is 0 Å². The van der Waals surface area contributed by atoms with Gasteiger partial charge in [0.1, 0.15) is 29.0 Å². The molecule has 0 saturated carbocycles. The largest absolute Gasteiger partial charge is 0.491 e. The highest BCUT2D eigenvalue weighted by atomic mass is 16.5. The minimum atomic E-state index is -0.346. The van der Waals surface area contributed by atoms with E-state index in [0.717, 1.165) is 19.4 Å². The molecule has 8 nitrogen and oxygen atoms in total. The topological polar surface area (TPSA) is 99.8 Å². The van der Waals surface area contributed by atoms with Crippen molar-refractivity contribution in [2.75, 3.05) is 25.1 Å². The third-order valence-corrected chi connectivity index (χ3v) is 4.26. The summed E-state index contributed by atoms with van der Waals surface area (Å²) in [7, 11) is 1.89. The molecule has 0 atom stereocenters. The maximum atomic E-state index is 12.5. The molecule has 0 saturated heterocycles. The first-order chi connectivity index (χ1) is 13.2. The van der Waals surface area contributed by atoms with Gasteiger partial charge in [-0.1, -0.05) is 13.8 Å². The Hall–Kier alpha value is -3.34. The molecule has 2 bridgehead atoms. The molecule has 0 unspecified atom stereocenters. The summed E-state index contributed by atoms with van der Waals surface area (Å²) in [5.41, 5.74) is 1.13. The monoisotopic (exact) mass is 366 g/mol. The van der Waals surface area contributed by atoms with E-state index in [9.17, 15) is 10.1 Å². The molecule has 0 spiro atoms. The van der Waals surface area contributed by atoms with Crippen LogP contribution in [0.5, 0.6) is 5.75 Å². The lowest BCUT2D eigenvalue weighted by atomic mass is 10.2. The number of pyridine rings is 2. The number of imidazole rings is 1. The van der Waals surface area contributed by atoms with Crippen LogP contribution in [-0.2, 0) is 0 Å². The first-order valence-corrected chi connectivity index (χ1v) is 9.04. The average molecular weight is 366 g/mol. The van der Waals surface area contributed by atoms with E-state index in [1.165, 1.54) is 4.57 Å². The van der Waals surface area contributed by atoms with Crippen LogP contribution in [0.2, 0.25) is 0 Å². The number of ether oxygens (including phenoxy) is 1. The van der Waals surface area contributed by atoms with Gasteiger partial charge in [-0.15, -0.1) is 0 Å². The zero-order valence-electron chi connectivity index (χ0n) is 15.7. The van der Waals surface area contributed by atoms with Gasteiger partial charge >= 0.3 is 5.69 Å². The van der Waals surface area contributed by atoms with E-state index in [-0.39, 0.29) is 5.69 Å². The Kier molecular flexibility index (Phi) is 5.41. The first kappa shape index (κ1) is 18.5. The number of nitrogens with zero attached hydrogens (tertiary/aromatic N) is 5. The van der Waals surface area contributed by atoms with Gasteiger partial charge < -0.3 is 9.64 Å². The van der Waals surface area contributed by atoms with E-state index in [2.05, 4.69) is 21.0 Å². The molecule has 3 aromatic heterocycles. The van der Waals surface area contributed by atoms with E-state index < -0.39 is 0 Å². The molecule has 4 heterocycles. The highest BCUT2D eigenvalue weighted by Crippen LogP contribution is 2.26. The second kappa shape index (κ2) is 7.91. The second-order valence-electron chi connectivity index (χ2n) is 5.90. The Balaban J connectivity index is 0.00000102. The van der Waals surface area contributed by atoms with E-state index in [4.69, 9.17) is 4.74 Å². The lowest BCUT2D eigenvalue weighted by Gasteiger charge is -2.21. The molecule has 3 aromatic rings. The second-order valence-corrected chi connectivity index (χ2v) is 5.90. The van der Waals surface area contributed by atoms with Crippen molar-refractivity contribution < 1.29 is 4.74 Å². The summed E-state index contributed by atoms with van der Waals surface area (Å²) in [6.45, 7) is 5.29. The van der Waals surface area contributed by atoms with Crippen LogP contribution in [-0.4, -0.2) is 39.7 Å². The van der Waals surface area contributed by atoms with Crippen LogP contribution < -0.4 is 15.3 Å². The summed E-state index contributed by atoms with van der Waals surface area (Å²) >= 11 is 0. The normalized spacial score (nSPS) is 13.5. The van der Waals surface area contributed by atoms with Crippen LogP contribution >= 0.6 is 0 Å². The zero-order chi connectivity index (χ0) is 19.4. The van der Waals surface area contributed by atoms with E-state index in [1.807, 2.05) is 25.8 Å². The van der Waals surface area contributed by atoms with Gasteiger partial charge in [0.25, 0.3) is 0 Å². The smallest absolute Gasteiger partial charge is 0.333 e. The fraction of sp³-hybridized carbons (Fsp3) is 0.368. The van der Waals surface area contributed by atoms with Gasteiger partial charge in [0.15, 0.2) is 5.65 Å². The van der Waals surface area contributed by atoms with E-state index >= 15 is 0 Å². The van der Waals surface area contributed by atoms with E-state index in [0.29, 0.717) is 40.7 Å². The van der Waals surface area contributed by atoms with Crippen molar-refractivity contribution in [2.45, 2.75) is 26.7 Å². The van der Waals surface area contributed by atoms with Crippen LogP contribution in [0.4, 0.5) is 5.82 Å². The Labute approximate surface area is 157 Å².